The van der Waals surface area contributed by atoms with Gasteiger partial charge in [0, 0.05) is 19.5 Å². The standard InChI is InChI=1S/C10H15N5OS/c1-4-5-7-11-12-10(17)15(7)8-6-9(16-3)14(2)13-8/h6H,4-5H2,1-3H3,(H,12,17). The molecule has 0 spiro atoms. The molecule has 0 aromatic carbocycles. The van der Waals surface area contributed by atoms with Crippen molar-refractivity contribution in [3.8, 4) is 11.7 Å². The van der Waals surface area contributed by atoms with Crippen LogP contribution < -0.4 is 4.74 Å². The normalized spacial score (nSPS) is 10.8. The number of aryl methyl sites for hydroxylation is 2. The summed E-state index contributed by atoms with van der Waals surface area (Å²) in [6.07, 6.45) is 1.86. The van der Waals surface area contributed by atoms with E-state index >= 15 is 0 Å². The third-order valence-electron chi connectivity index (χ3n) is 2.48. The largest absolute Gasteiger partial charge is 0.481 e. The maximum atomic E-state index is 5.21. The van der Waals surface area contributed by atoms with Gasteiger partial charge in [-0.05, 0) is 18.6 Å². The van der Waals surface area contributed by atoms with Crippen molar-refractivity contribution in [2.45, 2.75) is 19.8 Å². The molecule has 0 fully saturated rings. The molecule has 2 aromatic heterocycles. The summed E-state index contributed by atoms with van der Waals surface area (Å²) in [4.78, 5) is 0. The van der Waals surface area contributed by atoms with E-state index in [1.54, 1.807) is 11.8 Å². The van der Waals surface area contributed by atoms with E-state index in [2.05, 4.69) is 22.2 Å². The minimum atomic E-state index is 0.550. The van der Waals surface area contributed by atoms with Gasteiger partial charge in [0.1, 0.15) is 5.82 Å². The Bertz CT molecular complexity index is 568. The van der Waals surface area contributed by atoms with Crippen molar-refractivity contribution in [2.24, 2.45) is 7.05 Å². The molecule has 0 aliphatic carbocycles. The number of aromatic nitrogens is 5. The Morgan fingerprint density at radius 3 is 2.88 bits per heavy atom. The molecule has 0 saturated carbocycles. The molecule has 2 aromatic rings. The van der Waals surface area contributed by atoms with Crippen molar-refractivity contribution in [3.05, 3.63) is 16.7 Å². The van der Waals surface area contributed by atoms with Crippen LogP contribution in [0.1, 0.15) is 19.2 Å². The highest BCUT2D eigenvalue weighted by atomic mass is 32.1. The third-order valence-corrected chi connectivity index (χ3v) is 2.75. The molecule has 0 atom stereocenters. The Morgan fingerprint density at radius 2 is 2.29 bits per heavy atom. The van der Waals surface area contributed by atoms with Gasteiger partial charge in [-0.2, -0.15) is 10.2 Å². The van der Waals surface area contributed by atoms with E-state index < -0.39 is 0 Å². The van der Waals surface area contributed by atoms with Crippen LogP contribution in [0.15, 0.2) is 6.07 Å². The van der Waals surface area contributed by atoms with Gasteiger partial charge in [-0.1, -0.05) is 6.92 Å². The van der Waals surface area contributed by atoms with Gasteiger partial charge in [0.25, 0.3) is 0 Å². The lowest BCUT2D eigenvalue weighted by Gasteiger charge is -2.00. The van der Waals surface area contributed by atoms with Crippen LogP contribution in [-0.4, -0.2) is 31.7 Å². The van der Waals surface area contributed by atoms with Crippen LogP contribution in [0.25, 0.3) is 5.82 Å². The smallest absolute Gasteiger partial charge is 0.213 e. The van der Waals surface area contributed by atoms with Crippen molar-refractivity contribution >= 4 is 12.2 Å². The number of hydrogen-bond acceptors (Lipinski definition) is 4. The van der Waals surface area contributed by atoms with Crippen molar-refractivity contribution in [2.75, 3.05) is 7.11 Å². The van der Waals surface area contributed by atoms with Gasteiger partial charge in [-0.15, -0.1) is 0 Å². The molecule has 0 radical (unpaired) electrons. The van der Waals surface area contributed by atoms with E-state index in [4.69, 9.17) is 17.0 Å². The number of methoxy groups -OCH3 is 1. The van der Waals surface area contributed by atoms with E-state index in [-0.39, 0.29) is 0 Å². The second-order valence-electron chi connectivity index (χ2n) is 3.70. The second-order valence-corrected chi connectivity index (χ2v) is 4.09. The number of aromatic amines is 1. The highest BCUT2D eigenvalue weighted by Crippen LogP contribution is 2.17. The fourth-order valence-corrected chi connectivity index (χ4v) is 1.94. The summed E-state index contributed by atoms with van der Waals surface area (Å²) in [7, 11) is 3.44. The van der Waals surface area contributed by atoms with Crippen LogP contribution in [0.2, 0.25) is 0 Å². The predicted molar refractivity (Wildman–Crippen MR) is 66.1 cm³/mol. The quantitative estimate of drug-likeness (QED) is 0.841. The van der Waals surface area contributed by atoms with E-state index in [1.165, 1.54) is 0 Å². The molecule has 92 valence electrons. The Kier molecular flexibility index (Phi) is 3.28. The second kappa shape index (κ2) is 4.70. The molecule has 0 aliphatic rings. The summed E-state index contributed by atoms with van der Waals surface area (Å²) >= 11 is 5.21. The Labute approximate surface area is 104 Å². The molecule has 2 heterocycles. The van der Waals surface area contributed by atoms with E-state index in [0.717, 1.165) is 24.5 Å². The summed E-state index contributed by atoms with van der Waals surface area (Å²) < 4.78 is 9.24. The molecule has 0 unspecified atom stereocenters. The topological polar surface area (TPSA) is 60.7 Å². The lowest BCUT2D eigenvalue weighted by atomic mass is 10.3. The molecule has 6 nitrogen and oxygen atoms in total. The average molecular weight is 253 g/mol. The predicted octanol–water partition coefficient (Wildman–Crippen LogP) is 1.62. The summed E-state index contributed by atoms with van der Waals surface area (Å²) in [5, 5.41) is 11.4. The van der Waals surface area contributed by atoms with Crippen LogP contribution in [0.3, 0.4) is 0 Å². The number of H-pyrrole nitrogens is 1. The summed E-state index contributed by atoms with van der Waals surface area (Å²) in [6.45, 7) is 2.10. The molecule has 0 amide bonds. The molecule has 0 aliphatic heterocycles. The van der Waals surface area contributed by atoms with Crippen LogP contribution in [-0.2, 0) is 13.5 Å². The molecular formula is C10H15N5OS. The van der Waals surface area contributed by atoms with Crippen LogP contribution in [0.4, 0.5) is 0 Å². The first-order valence-corrected chi connectivity index (χ1v) is 5.83. The van der Waals surface area contributed by atoms with Gasteiger partial charge >= 0.3 is 0 Å². The van der Waals surface area contributed by atoms with Gasteiger partial charge in [0.05, 0.1) is 7.11 Å². The average Bonchev–Trinajstić information content (AvgIpc) is 2.83. The number of ether oxygens (including phenoxy) is 1. The first kappa shape index (κ1) is 11.8. The Balaban J connectivity index is 2.51. The Morgan fingerprint density at radius 1 is 1.53 bits per heavy atom. The lowest BCUT2D eigenvalue weighted by Crippen LogP contribution is -2.03. The minimum absolute atomic E-state index is 0.550. The summed E-state index contributed by atoms with van der Waals surface area (Å²) in [6, 6.07) is 1.84. The van der Waals surface area contributed by atoms with E-state index in [9.17, 15) is 0 Å². The molecular weight excluding hydrogens is 238 g/mol. The van der Waals surface area contributed by atoms with E-state index in [1.807, 2.05) is 17.7 Å². The van der Waals surface area contributed by atoms with Gasteiger partial charge in [-0.3, -0.25) is 9.67 Å². The molecule has 0 bridgehead atoms. The number of hydrogen-bond donors (Lipinski definition) is 1. The first-order chi connectivity index (χ1) is 8.17. The first-order valence-electron chi connectivity index (χ1n) is 5.42. The zero-order valence-corrected chi connectivity index (χ0v) is 10.9. The molecule has 1 N–H and O–H groups in total. The molecule has 0 saturated heterocycles. The van der Waals surface area contributed by atoms with Gasteiger partial charge in [0.2, 0.25) is 10.7 Å². The fourth-order valence-electron chi connectivity index (χ4n) is 1.69. The van der Waals surface area contributed by atoms with Crippen molar-refractivity contribution < 1.29 is 4.74 Å². The zero-order chi connectivity index (χ0) is 12.4. The zero-order valence-electron chi connectivity index (χ0n) is 10.1. The third kappa shape index (κ3) is 2.10. The number of nitrogens with one attached hydrogen (secondary N) is 1. The SMILES string of the molecule is CCCc1n[nH]c(=S)n1-c1cc(OC)n(C)n1. The maximum Gasteiger partial charge on any atom is 0.213 e. The van der Waals surface area contributed by atoms with E-state index in [0.29, 0.717) is 10.7 Å². The summed E-state index contributed by atoms with van der Waals surface area (Å²) in [5.74, 6) is 2.30. The monoisotopic (exact) mass is 253 g/mol. The highest BCUT2D eigenvalue weighted by molar-refractivity contribution is 7.71. The minimum Gasteiger partial charge on any atom is -0.481 e. The summed E-state index contributed by atoms with van der Waals surface area (Å²) in [5.41, 5.74) is 0. The number of nitrogens with zero attached hydrogens (tertiary/aromatic N) is 4. The maximum absolute atomic E-state index is 5.21. The van der Waals surface area contributed by atoms with Crippen LogP contribution in [0.5, 0.6) is 5.88 Å². The van der Waals surface area contributed by atoms with Gasteiger partial charge in [-0.25, -0.2) is 4.68 Å². The fraction of sp³-hybridized carbons (Fsp3) is 0.500. The van der Waals surface area contributed by atoms with Crippen molar-refractivity contribution in [1.29, 1.82) is 0 Å². The number of rotatable bonds is 4. The molecule has 2 rings (SSSR count). The van der Waals surface area contributed by atoms with Crippen LogP contribution in [0, 0.1) is 4.77 Å². The highest BCUT2D eigenvalue weighted by Gasteiger charge is 2.12. The van der Waals surface area contributed by atoms with Crippen molar-refractivity contribution in [1.82, 2.24) is 24.5 Å². The van der Waals surface area contributed by atoms with Gasteiger partial charge < -0.3 is 4.74 Å². The Hall–Kier alpha value is -1.63. The van der Waals surface area contributed by atoms with Crippen LogP contribution >= 0.6 is 12.2 Å². The molecule has 7 heteroatoms. The van der Waals surface area contributed by atoms with Crippen molar-refractivity contribution in [3.63, 3.8) is 0 Å². The van der Waals surface area contributed by atoms with Gasteiger partial charge in [0.15, 0.2) is 5.82 Å². The molecule has 17 heavy (non-hydrogen) atoms. The lowest BCUT2D eigenvalue weighted by molar-refractivity contribution is 0.373.